The summed E-state index contributed by atoms with van der Waals surface area (Å²) < 4.78 is 4.83. The largest absolute Gasteiger partial charge is 0.465 e. The summed E-state index contributed by atoms with van der Waals surface area (Å²) in [6.07, 6.45) is 0.811. The molecular formula is C21H27N3O3S. The first kappa shape index (κ1) is 20.4. The van der Waals surface area contributed by atoms with Gasteiger partial charge in [0.15, 0.2) is 0 Å². The number of rotatable bonds is 6. The molecule has 1 aliphatic rings. The van der Waals surface area contributed by atoms with E-state index < -0.39 is 5.97 Å². The first-order chi connectivity index (χ1) is 13.5. The zero-order chi connectivity index (χ0) is 20.1. The Morgan fingerprint density at radius 2 is 1.89 bits per heavy atom. The summed E-state index contributed by atoms with van der Waals surface area (Å²) in [4.78, 5) is 30.0. The second-order valence-corrected chi connectivity index (χ2v) is 8.04. The van der Waals surface area contributed by atoms with Gasteiger partial charge in [-0.1, -0.05) is 25.1 Å². The van der Waals surface area contributed by atoms with Crippen LogP contribution in [0.5, 0.6) is 0 Å². The van der Waals surface area contributed by atoms with E-state index in [1.54, 1.807) is 6.07 Å². The molecule has 1 aliphatic heterocycles. The number of nitrogens with one attached hydrogen (secondary N) is 1. The van der Waals surface area contributed by atoms with Gasteiger partial charge in [-0.15, -0.1) is 11.3 Å². The number of aryl methyl sites for hydroxylation is 2. The van der Waals surface area contributed by atoms with Crippen LogP contribution < -0.4 is 10.2 Å². The molecule has 0 radical (unpaired) electrons. The molecule has 1 aromatic heterocycles. The highest BCUT2D eigenvalue weighted by Gasteiger charge is 2.22. The number of nitrogens with zero attached hydrogens (tertiary/aromatic N) is 2. The molecule has 7 heteroatoms. The number of hydrogen-bond donors (Lipinski definition) is 1. The molecule has 0 atom stereocenters. The van der Waals surface area contributed by atoms with Gasteiger partial charge in [0.2, 0.25) is 5.91 Å². The predicted molar refractivity (Wildman–Crippen MR) is 113 cm³/mol. The number of benzene rings is 1. The molecule has 0 spiro atoms. The van der Waals surface area contributed by atoms with Crippen LogP contribution in [-0.2, 0) is 16.0 Å². The molecule has 0 aliphatic carbocycles. The van der Waals surface area contributed by atoms with Crippen molar-refractivity contribution in [2.45, 2.75) is 20.3 Å². The standard InChI is InChI=1S/C21H27N3O3S/c1-4-16-13-17(21(26)27-3)20(28-16)22-19(25)14-23-9-11-24(12-10-23)18-8-6-5-7-15(18)2/h5-8,13H,4,9-12,14H2,1-3H3,(H,22,25). The van der Waals surface area contributed by atoms with Gasteiger partial charge in [0.05, 0.1) is 19.2 Å². The van der Waals surface area contributed by atoms with E-state index in [1.165, 1.54) is 29.7 Å². The molecule has 28 heavy (non-hydrogen) atoms. The quantitative estimate of drug-likeness (QED) is 0.754. The van der Waals surface area contributed by atoms with Crippen LogP contribution in [0.1, 0.15) is 27.7 Å². The second-order valence-electron chi connectivity index (χ2n) is 6.90. The number of ether oxygens (including phenoxy) is 1. The molecule has 0 saturated carbocycles. The highest BCUT2D eigenvalue weighted by Crippen LogP contribution is 2.29. The Morgan fingerprint density at radius 3 is 2.54 bits per heavy atom. The van der Waals surface area contributed by atoms with Crippen molar-refractivity contribution in [3.63, 3.8) is 0 Å². The Bertz CT molecular complexity index is 841. The minimum Gasteiger partial charge on any atom is -0.465 e. The molecule has 1 N–H and O–H groups in total. The maximum absolute atomic E-state index is 12.5. The third-order valence-corrected chi connectivity index (χ3v) is 6.18. The number of carbonyl (C=O) groups is 2. The highest BCUT2D eigenvalue weighted by atomic mass is 32.1. The van der Waals surface area contributed by atoms with E-state index in [0.717, 1.165) is 37.5 Å². The van der Waals surface area contributed by atoms with E-state index in [1.807, 2.05) is 6.92 Å². The summed E-state index contributed by atoms with van der Waals surface area (Å²) in [6, 6.07) is 10.2. The van der Waals surface area contributed by atoms with Crippen LogP contribution in [0.4, 0.5) is 10.7 Å². The number of methoxy groups -OCH3 is 1. The lowest BCUT2D eigenvalue weighted by molar-refractivity contribution is -0.117. The van der Waals surface area contributed by atoms with Crippen LogP contribution >= 0.6 is 11.3 Å². The van der Waals surface area contributed by atoms with E-state index >= 15 is 0 Å². The monoisotopic (exact) mass is 401 g/mol. The van der Waals surface area contributed by atoms with Crippen molar-refractivity contribution in [2.24, 2.45) is 0 Å². The van der Waals surface area contributed by atoms with E-state index in [-0.39, 0.29) is 5.91 Å². The number of esters is 1. The molecule has 1 amide bonds. The van der Waals surface area contributed by atoms with Crippen LogP contribution in [-0.4, -0.2) is 56.6 Å². The normalized spacial score (nSPS) is 14.8. The lowest BCUT2D eigenvalue weighted by Gasteiger charge is -2.36. The third-order valence-electron chi connectivity index (χ3n) is 4.99. The van der Waals surface area contributed by atoms with Gasteiger partial charge in [-0.25, -0.2) is 4.79 Å². The zero-order valence-corrected chi connectivity index (χ0v) is 17.5. The molecule has 0 unspecified atom stereocenters. The first-order valence-electron chi connectivity index (χ1n) is 9.55. The topological polar surface area (TPSA) is 61.9 Å². The van der Waals surface area contributed by atoms with Crippen molar-refractivity contribution >= 4 is 33.9 Å². The highest BCUT2D eigenvalue weighted by molar-refractivity contribution is 7.16. The van der Waals surface area contributed by atoms with E-state index in [0.29, 0.717) is 17.1 Å². The zero-order valence-electron chi connectivity index (χ0n) is 16.7. The average molecular weight is 402 g/mol. The fourth-order valence-electron chi connectivity index (χ4n) is 3.41. The van der Waals surface area contributed by atoms with Gasteiger partial charge in [0, 0.05) is 36.7 Å². The van der Waals surface area contributed by atoms with Gasteiger partial charge in [-0.3, -0.25) is 9.69 Å². The second kappa shape index (κ2) is 9.21. The van der Waals surface area contributed by atoms with Crippen LogP contribution in [0.3, 0.4) is 0 Å². The number of carbonyl (C=O) groups excluding carboxylic acids is 2. The molecule has 1 saturated heterocycles. The Kier molecular flexibility index (Phi) is 6.70. The smallest absolute Gasteiger partial charge is 0.340 e. The predicted octanol–water partition coefficient (Wildman–Crippen LogP) is 3.17. The third kappa shape index (κ3) is 4.72. The molecule has 0 bridgehead atoms. The minimum absolute atomic E-state index is 0.0982. The van der Waals surface area contributed by atoms with Crippen molar-refractivity contribution in [3.05, 3.63) is 46.3 Å². The van der Waals surface area contributed by atoms with Gasteiger partial charge in [0.1, 0.15) is 5.00 Å². The van der Waals surface area contributed by atoms with Crippen molar-refractivity contribution in [3.8, 4) is 0 Å². The molecule has 2 aromatic rings. The van der Waals surface area contributed by atoms with Crippen LogP contribution in [0.2, 0.25) is 0 Å². The van der Waals surface area contributed by atoms with Gasteiger partial charge < -0.3 is 15.0 Å². The fourth-order valence-corrected chi connectivity index (χ4v) is 4.41. The van der Waals surface area contributed by atoms with Gasteiger partial charge in [-0.05, 0) is 31.0 Å². The fraction of sp³-hybridized carbons (Fsp3) is 0.429. The van der Waals surface area contributed by atoms with Crippen LogP contribution in [0.25, 0.3) is 0 Å². The van der Waals surface area contributed by atoms with Gasteiger partial charge in [0.25, 0.3) is 0 Å². The summed E-state index contributed by atoms with van der Waals surface area (Å²) in [5.41, 5.74) is 2.97. The average Bonchev–Trinajstić information content (AvgIpc) is 3.11. The summed E-state index contributed by atoms with van der Waals surface area (Å²) in [5, 5.41) is 3.48. The summed E-state index contributed by atoms with van der Waals surface area (Å²) >= 11 is 1.43. The number of anilines is 2. The van der Waals surface area contributed by atoms with Crippen LogP contribution in [0.15, 0.2) is 30.3 Å². The molecule has 1 aromatic carbocycles. The summed E-state index contributed by atoms with van der Waals surface area (Å²) in [5.74, 6) is -0.517. The van der Waals surface area contributed by atoms with Crippen molar-refractivity contribution in [1.29, 1.82) is 0 Å². The Balaban J connectivity index is 1.56. The Hall–Kier alpha value is -2.38. The number of para-hydroxylation sites is 1. The Morgan fingerprint density at radius 1 is 1.18 bits per heavy atom. The van der Waals surface area contributed by atoms with E-state index in [4.69, 9.17) is 4.74 Å². The number of thiophene rings is 1. The molecular weight excluding hydrogens is 374 g/mol. The molecule has 2 heterocycles. The number of amides is 1. The van der Waals surface area contributed by atoms with E-state index in [2.05, 4.69) is 46.3 Å². The minimum atomic E-state index is -0.418. The van der Waals surface area contributed by atoms with Crippen molar-refractivity contribution in [2.75, 3.05) is 50.1 Å². The number of hydrogen-bond acceptors (Lipinski definition) is 6. The van der Waals surface area contributed by atoms with Crippen molar-refractivity contribution < 1.29 is 14.3 Å². The van der Waals surface area contributed by atoms with E-state index in [9.17, 15) is 9.59 Å². The SMILES string of the molecule is CCc1cc(C(=O)OC)c(NC(=O)CN2CCN(c3ccccc3C)CC2)s1. The maximum atomic E-state index is 12.5. The molecule has 1 fully saturated rings. The van der Waals surface area contributed by atoms with Gasteiger partial charge >= 0.3 is 5.97 Å². The lowest BCUT2D eigenvalue weighted by Crippen LogP contribution is -2.48. The Labute approximate surface area is 170 Å². The summed E-state index contributed by atoms with van der Waals surface area (Å²) in [6.45, 7) is 7.91. The molecule has 6 nitrogen and oxygen atoms in total. The summed E-state index contributed by atoms with van der Waals surface area (Å²) in [7, 11) is 1.35. The first-order valence-corrected chi connectivity index (χ1v) is 10.4. The van der Waals surface area contributed by atoms with Gasteiger partial charge in [-0.2, -0.15) is 0 Å². The maximum Gasteiger partial charge on any atom is 0.340 e. The van der Waals surface area contributed by atoms with Crippen LogP contribution in [0, 0.1) is 6.92 Å². The van der Waals surface area contributed by atoms with Crippen molar-refractivity contribution in [1.82, 2.24) is 4.90 Å². The molecule has 3 rings (SSSR count). The number of piperazine rings is 1. The molecule has 150 valence electrons. The lowest BCUT2D eigenvalue weighted by atomic mass is 10.1.